The number of alkyl halides is 3. The highest BCUT2D eigenvalue weighted by atomic mass is 127. The number of aliphatic hydroxyl groups excluding tert-OH is 2. The maximum Gasteiger partial charge on any atom is 0.416 e. The maximum absolute atomic E-state index is 14.1. The zero-order valence-electron chi connectivity index (χ0n) is 25.1. The van der Waals surface area contributed by atoms with Gasteiger partial charge in [0.2, 0.25) is 5.91 Å². The number of methoxy groups -OCH3 is 2. The number of halogens is 4. The van der Waals surface area contributed by atoms with Gasteiger partial charge < -0.3 is 34.6 Å². The van der Waals surface area contributed by atoms with Crippen LogP contribution in [0.25, 0.3) is 0 Å². The smallest absolute Gasteiger partial charge is 0.416 e. The highest BCUT2D eigenvalue weighted by molar-refractivity contribution is 14.1. The summed E-state index contributed by atoms with van der Waals surface area (Å²) in [6.45, 7) is -0.324. The van der Waals surface area contributed by atoms with Crippen LogP contribution in [-0.4, -0.2) is 79.1 Å². The van der Waals surface area contributed by atoms with E-state index in [2.05, 4.69) is 27.9 Å². The van der Waals surface area contributed by atoms with Crippen LogP contribution in [0.1, 0.15) is 27.9 Å². The zero-order valence-corrected chi connectivity index (χ0v) is 27.2. The van der Waals surface area contributed by atoms with Gasteiger partial charge in [-0.05, 0) is 95.2 Å². The predicted molar refractivity (Wildman–Crippen MR) is 172 cm³/mol. The Labute approximate surface area is 278 Å². The SMILES string of the molecule is COc1ccc(OC)c(CCN(C(=O)c2ccc(C(F)(F)F)cc2)C2CC(C(=O)NCCO)=CC(Oc3ccccc3I)C2O)c1. The van der Waals surface area contributed by atoms with Crippen LogP contribution in [0.5, 0.6) is 17.2 Å². The monoisotopic (exact) mass is 754 g/mol. The van der Waals surface area contributed by atoms with Gasteiger partial charge in [-0.1, -0.05) is 12.1 Å². The molecule has 3 unspecified atom stereocenters. The molecule has 46 heavy (non-hydrogen) atoms. The number of amides is 2. The van der Waals surface area contributed by atoms with Gasteiger partial charge in [0, 0.05) is 30.6 Å². The third-order valence-electron chi connectivity index (χ3n) is 7.54. The van der Waals surface area contributed by atoms with E-state index < -0.39 is 41.8 Å². The summed E-state index contributed by atoms with van der Waals surface area (Å²) >= 11 is 2.08. The van der Waals surface area contributed by atoms with Crippen molar-refractivity contribution in [1.82, 2.24) is 10.2 Å². The molecule has 4 rings (SSSR count). The highest BCUT2D eigenvalue weighted by Gasteiger charge is 2.41. The molecule has 0 fully saturated rings. The number of nitrogens with one attached hydrogen (secondary N) is 1. The first-order valence-electron chi connectivity index (χ1n) is 14.3. The Morgan fingerprint density at radius 1 is 1.02 bits per heavy atom. The molecule has 1 aliphatic carbocycles. The Bertz CT molecular complexity index is 1550. The fourth-order valence-corrected chi connectivity index (χ4v) is 5.68. The molecule has 3 atom stereocenters. The molecule has 13 heteroatoms. The topological polar surface area (TPSA) is 118 Å². The van der Waals surface area contributed by atoms with Gasteiger partial charge in [-0.2, -0.15) is 13.2 Å². The fraction of sp³-hybridized carbons (Fsp3) is 0.333. The lowest BCUT2D eigenvalue weighted by molar-refractivity contribution is -0.137. The first-order chi connectivity index (χ1) is 22.0. The molecule has 3 aromatic carbocycles. The Morgan fingerprint density at radius 2 is 1.74 bits per heavy atom. The summed E-state index contributed by atoms with van der Waals surface area (Å²) in [5, 5.41) is 23.6. The standard InChI is InChI=1S/C33H34F3IN2O7/c1-44-24-11-12-27(45-2)21(17-24)13-15-39(32(43)20-7-9-23(10-8-20)33(34,35)36)26-18-22(31(42)38-14-16-40)19-29(30(26)41)46-28-6-4-3-5-25(28)37/h3-12,17,19,26,29-30,40-41H,13-16,18H2,1-2H3,(H,38,42). The minimum Gasteiger partial charge on any atom is -0.497 e. The molecule has 0 saturated carbocycles. The molecule has 0 bridgehead atoms. The molecule has 3 aromatic rings. The number of nitrogens with zero attached hydrogens (tertiary/aromatic N) is 1. The van der Waals surface area contributed by atoms with Gasteiger partial charge >= 0.3 is 6.18 Å². The zero-order chi connectivity index (χ0) is 33.4. The van der Waals surface area contributed by atoms with Crippen molar-refractivity contribution in [2.45, 2.75) is 37.3 Å². The molecule has 9 nitrogen and oxygen atoms in total. The first kappa shape index (κ1) is 35.0. The first-order valence-corrected chi connectivity index (χ1v) is 15.4. The van der Waals surface area contributed by atoms with Crippen LogP contribution >= 0.6 is 22.6 Å². The molecule has 0 spiro atoms. The Hall–Kier alpha value is -3.82. The van der Waals surface area contributed by atoms with Crippen LogP contribution in [0.15, 0.2) is 78.4 Å². The van der Waals surface area contributed by atoms with E-state index >= 15 is 0 Å². The van der Waals surface area contributed by atoms with Gasteiger partial charge in [0.05, 0.1) is 36.0 Å². The Morgan fingerprint density at radius 3 is 2.37 bits per heavy atom. The van der Waals surface area contributed by atoms with Gasteiger partial charge in [-0.25, -0.2) is 0 Å². The lowest BCUT2D eigenvalue weighted by Gasteiger charge is -2.40. The normalized spacial score (nSPS) is 17.9. The summed E-state index contributed by atoms with van der Waals surface area (Å²) in [5.74, 6) is 0.353. The van der Waals surface area contributed by atoms with Crippen LogP contribution in [-0.2, 0) is 17.4 Å². The molecule has 3 N–H and O–H groups in total. The van der Waals surface area contributed by atoms with E-state index in [0.717, 1.165) is 27.8 Å². The van der Waals surface area contributed by atoms with E-state index in [1.807, 2.05) is 12.1 Å². The number of rotatable bonds is 12. The van der Waals surface area contributed by atoms with Crippen molar-refractivity contribution in [3.05, 3.63) is 98.6 Å². The molecule has 0 heterocycles. The van der Waals surface area contributed by atoms with Crippen LogP contribution in [0.3, 0.4) is 0 Å². The summed E-state index contributed by atoms with van der Waals surface area (Å²) in [7, 11) is 3.00. The molecule has 0 radical (unpaired) electrons. The Kier molecular flexibility index (Phi) is 11.9. The molecule has 0 aromatic heterocycles. The van der Waals surface area contributed by atoms with Crippen molar-refractivity contribution in [2.75, 3.05) is 33.9 Å². The van der Waals surface area contributed by atoms with Crippen molar-refractivity contribution < 1.29 is 47.2 Å². The van der Waals surface area contributed by atoms with Crippen molar-refractivity contribution in [1.29, 1.82) is 0 Å². The summed E-state index contributed by atoms with van der Waals surface area (Å²) < 4.78 is 57.6. The molecule has 1 aliphatic rings. The average molecular weight is 755 g/mol. The number of carbonyl (C=O) groups is 2. The number of carbonyl (C=O) groups excluding carboxylic acids is 2. The summed E-state index contributed by atoms with van der Waals surface area (Å²) in [5.41, 5.74) is -0.0517. The van der Waals surface area contributed by atoms with Crippen LogP contribution in [0, 0.1) is 3.57 Å². The Balaban J connectivity index is 1.75. The molecule has 246 valence electrons. The number of ether oxygens (including phenoxy) is 3. The third-order valence-corrected chi connectivity index (χ3v) is 8.44. The lowest BCUT2D eigenvalue weighted by Crippen LogP contribution is -2.55. The van der Waals surface area contributed by atoms with Gasteiger partial charge in [-0.3, -0.25) is 9.59 Å². The number of aliphatic hydroxyl groups is 2. The highest BCUT2D eigenvalue weighted by Crippen LogP contribution is 2.33. The van der Waals surface area contributed by atoms with E-state index in [0.29, 0.717) is 22.8 Å². The van der Waals surface area contributed by atoms with E-state index in [1.54, 1.807) is 30.3 Å². The minimum absolute atomic E-state index is 0.00770. The molecular formula is C33H34F3IN2O7. The number of hydrogen-bond acceptors (Lipinski definition) is 7. The quantitative estimate of drug-likeness (QED) is 0.231. The van der Waals surface area contributed by atoms with Crippen LogP contribution in [0.2, 0.25) is 0 Å². The average Bonchev–Trinajstić information content (AvgIpc) is 3.05. The predicted octanol–water partition coefficient (Wildman–Crippen LogP) is 4.63. The number of hydrogen-bond donors (Lipinski definition) is 3. The minimum atomic E-state index is -4.59. The number of para-hydroxylation sites is 1. The van der Waals surface area contributed by atoms with Gasteiger partial charge in [0.15, 0.2) is 0 Å². The van der Waals surface area contributed by atoms with E-state index in [4.69, 9.17) is 14.2 Å². The van der Waals surface area contributed by atoms with Crippen LogP contribution < -0.4 is 19.5 Å². The van der Waals surface area contributed by atoms with E-state index in [9.17, 15) is 33.0 Å². The second-order valence-corrected chi connectivity index (χ2v) is 11.6. The second kappa shape index (κ2) is 15.6. The van der Waals surface area contributed by atoms with Crippen molar-refractivity contribution in [3.63, 3.8) is 0 Å². The summed E-state index contributed by atoms with van der Waals surface area (Å²) in [4.78, 5) is 28.6. The molecule has 2 amide bonds. The van der Waals surface area contributed by atoms with E-state index in [-0.39, 0.29) is 43.7 Å². The lowest BCUT2D eigenvalue weighted by atomic mass is 9.87. The maximum atomic E-state index is 14.1. The van der Waals surface area contributed by atoms with Gasteiger partial charge in [-0.15, -0.1) is 0 Å². The van der Waals surface area contributed by atoms with Gasteiger partial charge in [0.1, 0.15) is 29.5 Å². The van der Waals surface area contributed by atoms with Crippen LogP contribution in [0.4, 0.5) is 13.2 Å². The molecule has 0 saturated heterocycles. The second-order valence-electron chi connectivity index (χ2n) is 10.4. The van der Waals surface area contributed by atoms with Gasteiger partial charge in [0.25, 0.3) is 5.91 Å². The third kappa shape index (κ3) is 8.50. The van der Waals surface area contributed by atoms with Crippen molar-refractivity contribution in [3.8, 4) is 17.2 Å². The van der Waals surface area contributed by atoms with Crippen molar-refractivity contribution >= 4 is 34.4 Å². The van der Waals surface area contributed by atoms with E-state index in [1.165, 1.54) is 25.2 Å². The largest absolute Gasteiger partial charge is 0.497 e. The van der Waals surface area contributed by atoms with Crippen molar-refractivity contribution in [2.24, 2.45) is 0 Å². The fourth-order valence-electron chi connectivity index (χ4n) is 5.17. The molecule has 0 aliphatic heterocycles. The summed E-state index contributed by atoms with van der Waals surface area (Å²) in [6, 6.07) is 15.0. The molecular weight excluding hydrogens is 720 g/mol. The number of benzene rings is 3. The summed E-state index contributed by atoms with van der Waals surface area (Å²) in [6.07, 6.45) is -5.39.